The maximum atomic E-state index is 12.6. The zero-order valence-electron chi connectivity index (χ0n) is 13.8. The van der Waals surface area contributed by atoms with Crippen LogP contribution in [-0.2, 0) is 6.61 Å². The molecule has 0 atom stereocenters. The van der Waals surface area contributed by atoms with E-state index in [1.54, 1.807) is 12.1 Å². The van der Waals surface area contributed by atoms with E-state index in [-0.39, 0.29) is 18.2 Å². The Morgan fingerprint density at radius 2 is 1.58 bits per heavy atom. The molecule has 0 aromatic heterocycles. The Bertz CT molecular complexity index is 909. The molecular formula is C20H16N2O4. The Morgan fingerprint density at radius 3 is 2.27 bits per heavy atom. The highest BCUT2D eigenvalue weighted by atomic mass is 16.6. The number of nitrogens with zero attached hydrogens (tertiary/aromatic N) is 1. The molecule has 0 fully saturated rings. The number of carbonyl (C=O) groups excluding carboxylic acids is 1. The van der Waals surface area contributed by atoms with Gasteiger partial charge in [-0.15, -0.1) is 0 Å². The Balaban J connectivity index is 1.72. The average molecular weight is 348 g/mol. The van der Waals surface area contributed by atoms with Crippen LogP contribution in [0.3, 0.4) is 0 Å². The number of carbonyl (C=O) groups is 1. The van der Waals surface area contributed by atoms with Crippen molar-refractivity contribution in [2.75, 3.05) is 5.32 Å². The zero-order valence-corrected chi connectivity index (χ0v) is 13.8. The van der Waals surface area contributed by atoms with Crippen LogP contribution in [0.1, 0.15) is 15.9 Å². The maximum absolute atomic E-state index is 12.6. The minimum absolute atomic E-state index is 0.0281. The van der Waals surface area contributed by atoms with Crippen LogP contribution in [0.2, 0.25) is 0 Å². The van der Waals surface area contributed by atoms with Gasteiger partial charge in [0.15, 0.2) is 0 Å². The van der Waals surface area contributed by atoms with Crippen molar-refractivity contribution < 1.29 is 14.5 Å². The molecule has 130 valence electrons. The highest BCUT2D eigenvalue weighted by Crippen LogP contribution is 2.18. The molecule has 3 aromatic carbocycles. The number of benzene rings is 3. The van der Waals surface area contributed by atoms with Gasteiger partial charge in [0.25, 0.3) is 11.6 Å². The second-order valence-corrected chi connectivity index (χ2v) is 5.52. The normalized spacial score (nSPS) is 10.2. The lowest BCUT2D eigenvalue weighted by Gasteiger charge is -2.11. The summed E-state index contributed by atoms with van der Waals surface area (Å²) in [7, 11) is 0. The average Bonchev–Trinajstić information content (AvgIpc) is 2.68. The van der Waals surface area contributed by atoms with Crippen molar-refractivity contribution >= 4 is 17.3 Å². The predicted molar refractivity (Wildman–Crippen MR) is 98.3 cm³/mol. The fraction of sp³-hybridized carbons (Fsp3) is 0.0500. The largest absolute Gasteiger partial charge is 0.489 e. The predicted octanol–water partition coefficient (Wildman–Crippen LogP) is 4.43. The van der Waals surface area contributed by atoms with Gasteiger partial charge in [0.1, 0.15) is 12.4 Å². The number of nitro benzene ring substituents is 1. The third kappa shape index (κ3) is 4.24. The van der Waals surface area contributed by atoms with Crippen LogP contribution in [0.5, 0.6) is 5.75 Å². The third-order valence-electron chi connectivity index (χ3n) is 3.74. The van der Waals surface area contributed by atoms with Gasteiger partial charge < -0.3 is 10.1 Å². The molecule has 0 saturated heterocycles. The van der Waals surface area contributed by atoms with Crippen LogP contribution in [-0.4, -0.2) is 10.8 Å². The van der Waals surface area contributed by atoms with Gasteiger partial charge >= 0.3 is 0 Å². The first-order valence-corrected chi connectivity index (χ1v) is 7.95. The standard InChI is InChI=1S/C20H16N2O4/c23-20(21-16-10-12-17(13-11-16)22(24)25)19-9-5-4-6-15(19)14-26-18-7-2-1-3-8-18/h1-13H,14H2,(H,21,23). The summed E-state index contributed by atoms with van der Waals surface area (Å²) in [6, 6.07) is 22.2. The molecule has 0 unspecified atom stereocenters. The monoisotopic (exact) mass is 348 g/mol. The Labute approximate surface area is 150 Å². The first-order valence-electron chi connectivity index (χ1n) is 7.95. The zero-order chi connectivity index (χ0) is 18.4. The van der Waals surface area contributed by atoms with Gasteiger partial charge in [-0.1, -0.05) is 36.4 Å². The molecule has 1 amide bonds. The first kappa shape index (κ1) is 17.2. The maximum Gasteiger partial charge on any atom is 0.269 e. The fourth-order valence-corrected chi connectivity index (χ4v) is 2.41. The Morgan fingerprint density at radius 1 is 0.923 bits per heavy atom. The van der Waals surface area contributed by atoms with Gasteiger partial charge in [-0.2, -0.15) is 0 Å². The van der Waals surface area contributed by atoms with Crippen molar-refractivity contribution in [2.45, 2.75) is 6.61 Å². The van der Waals surface area contributed by atoms with Crippen LogP contribution in [0.25, 0.3) is 0 Å². The van der Waals surface area contributed by atoms with E-state index in [1.165, 1.54) is 24.3 Å². The molecule has 0 saturated carbocycles. The lowest BCUT2D eigenvalue weighted by molar-refractivity contribution is -0.384. The summed E-state index contributed by atoms with van der Waals surface area (Å²) < 4.78 is 5.72. The van der Waals surface area contributed by atoms with Gasteiger partial charge in [0.2, 0.25) is 0 Å². The Kier molecular flexibility index (Phi) is 5.24. The summed E-state index contributed by atoms with van der Waals surface area (Å²) >= 11 is 0. The van der Waals surface area contributed by atoms with E-state index >= 15 is 0 Å². The topological polar surface area (TPSA) is 81.5 Å². The fourth-order valence-electron chi connectivity index (χ4n) is 2.41. The van der Waals surface area contributed by atoms with Crippen molar-refractivity contribution in [1.29, 1.82) is 0 Å². The van der Waals surface area contributed by atoms with Crippen molar-refractivity contribution in [3.05, 3.63) is 100 Å². The summed E-state index contributed by atoms with van der Waals surface area (Å²) in [4.78, 5) is 22.8. The number of anilines is 1. The second kappa shape index (κ2) is 7.94. The summed E-state index contributed by atoms with van der Waals surface area (Å²) in [5.74, 6) is 0.421. The molecule has 0 heterocycles. The minimum Gasteiger partial charge on any atom is -0.489 e. The molecule has 3 rings (SSSR count). The third-order valence-corrected chi connectivity index (χ3v) is 3.74. The molecule has 6 heteroatoms. The Hall–Kier alpha value is -3.67. The smallest absolute Gasteiger partial charge is 0.269 e. The minimum atomic E-state index is -0.484. The number of hydrogen-bond acceptors (Lipinski definition) is 4. The van der Waals surface area contributed by atoms with Gasteiger partial charge in [-0.05, 0) is 30.3 Å². The van der Waals surface area contributed by atoms with Gasteiger partial charge in [0.05, 0.1) is 4.92 Å². The lowest BCUT2D eigenvalue weighted by Crippen LogP contribution is -2.15. The number of nitro groups is 1. The molecule has 6 nitrogen and oxygen atoms in total. The number of amides is 1. The molecule has 0 bridgehead atoms. The molecule has 1 N–H and O–H groups in total. The number of non-ortho nitro benzene ring substituents is 1. The van der Waals surface area contributed by atoms with E-state index in [2.05, 4.69) is 5.32 Å². The summed E-state index contributed by atoms with van der Waals surface area (Å²) in [6.45, 7) is 0.258. The lowest BCUT2D eigenvalue weighted by atomic mass is 10.1. The SMILES string of the molecule is O=C(Nc1ccc([N+](=O)[O-])cc1)c1ccccc1COc1ccccc1. The van der Waals surface area contributed by atoms with E-state index in [0.717, 1.165) is 11.3 Å². The number of rotatable bonds is 6. The van der Waals surface area contributed by atoms with Crippen LogP contribution in [0.15, 0.2) is 78.9 Å². The molecular weight excluding hydrogens is 332 g/mol. The van der Waals surface area contributed by atoms with Crippen LogP contribution < -0.4 is 10.1 Å². The highest BCUT2D eigenvalue weighted by molar-refractivity contribution is 6.05. The number of hydrogen-bond donors (Lipinski definition) is 1. The first-order chi connectivity index (χ1) is 12.6. The van der Waals surface area contributed by atoms with Crippen molar-refractivity contribution in [1.82, 2.24) is 0 Å². The molecule has 0 spiro atoms. The number of nitrogens with one attached hydrogen (secondary N) is 1. The van der Waals surface area contributed by atoms with E-state index in [0.29, 0.717) is 11.3 Å². The van der Waals surface area contributed by atoms with E-state index < -0.39 is 4.92 Å². The van der Waals surface area contributed by atoms with Crippen molar-refractivity contribution in [2.24, 2.45) is 0 Å². The summed E-state index contributed by atoms with van der Waals surface area (Å²) in [6.07, 6.45) is 0. The molecule has 0 aliphatic carbocycles. The van der Waals surface area contributed by atoms with Gasteiger partial charge in [-0.25, -0.2) is 0 Å². The molecule has 3 aromatic rings. The van der Waals surface area contributed by atoms with Crippen molar-refractivity contribution in [3.8, 4) is 5.75 Å². The van der Waals surface area contributed by atoms with E-state index in [1.807, 2.05) is 42.5 Å². The van der Waals surface area contributed by atoms with Gasteiger partial charge in [0, 0.05) is 28.9 Å². The number of para-hydroxylation sites is 1. The second-order valence-electron chi connectivity index (χ2n) is 5.52. The van der Waals surface area contributed by atoms with Crippen LogP contribution in [0.4, 0.5) is 11.4 Å². The van der Waals surface area contributed by atoms with Crippen LogP contribution >= 0.6 is 0 Å². The molecule has 0 aliphatic rings. The highest BCUT2D eigenvalue weighted by Gasteiger charge is 2.12. The summed E-state index contributed by atoms with van der Waals surface area (Å²) in [5.41, 5.74) is 1.69. The molecule has 0 aliphatic heterocycles. The molecule has 26 heavy (non-hydrogen) atoms. The van der Waals surface area contributed by atoms with Crippen LogP contribution in [0, 0.1) is 10.1 Å². The van der Waals surface area contributed by atoms with Gasteiger partial charge in [-0.3, -0.25) is 14.9 Å². The quantitative estimate of drug-likeness (QED) is 0.528. The van der Waals surface area contributed by atoms with E-state index in [4.69, 9.17) is 4.74 Å². The molecule has 0 radical (unpaired) electrons. The van der Waals surface area contributed by atoms with Crippen molar-refractivity contribution in [3.63, 3.8) is 0 Å². The summed E-state index contributed by atoms with van der Waals surface area (Å²) in [5, 5.41) is 13.4. The number of ether oxygens (including phenoxy) is 1. The van der Waals surface area contributed by atoms with E-state index in [9.17, 15) is 14.9 Å².